The third-order valence-electron chi connectivity index (χ3n) is 4.01. The predicted octanol–water partition coefficient (Wildman–Crippen LogP) is 2.94. The van der Waals surface area contributed by atoms with Crippen LogP contribution in [0.25, 0.3) is 0 Å². The average molecular weight is 373 g/mol. The highest BCUT2D eigenvalue weighted by atomic mass is 16.5. The number of carbonyl (C=O) groups is 2. The van der Waals surface area contributed by atoms with E-state index < -0.39 is 12.1 Å². The fourth-order valence-electron chi connectivity index (χ4n) is 2.58. The number of aliphatic hydroxyl groups excluding tert-OH is 1. The Hall–Kier alpha value is -3.06. The number of esters is 1. The molecule has 1 atom stereocenters. The molecule has 0 spiro atoms. The van der Waals surface area contributed by atoms with E-state index in [1.54, 1.807) is 43.5 Å². The summed E-state index contributed by atoms with van der Waals surface area (Å²) in [5.41, 5.74) is 1.41. The molecule has 2 aromatic carbocycles. The lowest BCUT2D eigenvalue weighted by atomic mass is 10.0. The van der Waals surface area contributed by atoms with Crippen LogP contribution < -0.4 is 14.8 Å². The third kappa shape index (κ3) is 5.46. The van der Waals surface area contributed by atoms with Crippen molar-refractivity contribution in [3.63, 3.8) is 0 Å². The van der Waals surface area contributed by atoms with E-state index in [9.17, 15) is 14.7 Å². The summed E-state index contributed by atoms with van der Waals surface area (Å²) in [6.07, 6.45) is -0.553. The maximum atomic E-state index is 12.2. The smallest absolute Gasteiger partial charge is 0.337 e. The number of aliphatic hydroxyl groups is 1. The Morgan fingerprint density at radius 3 is 2.52 bits per heavy atom. The molecule has 27 heavy (non-hydrogen) atoms. The fourth-order valence-corrected chi connectivity index (χ4v) is 2.58. The number of amides is 1. The zero-order valence-electron chi connectivity index (χ0n) is 15.5. The van der Waals surface area contributed by atoms with Crippen LogP contribution in [0.15, 0.2) is 42.5 Å². The van der Waals surface area contributed by atoms with Gasteiger partial charge in [-0.05, 0) is 36.8 Å². The van der Waals surface area contributed by atoms with Crippen molar-refractivity contribution in [3.05, 3.63) is 53.6 Å². The lowest BCUT2D eigenvalue weighted by Gasteiger charge is -2.15. The Bertz CT molecular complexity index is 805. The van der Waals surface area contributed by atoms with Crippen molar-refractivity contribution in [1.82, 2.24) is 0 Å². The number of hydrogen-bond donors (Lipinski definition) is 2. The van der Waals surface area contributed by atoms with Gasteiger partial charge in [-0.2, -0.15) is 0 Å². The van der Waals surface area contributed by atoms with Gasteiger partial charge in [0.2, 0.25) is 5.91 Å². The summed E-state index contributed by atoms with van der Waals surface area (Å²) in [6, 6.07) is 11.6. The van der Waals surface area contributed by atoms with Gasteiger partial charge in [0, 0.05) is 23.7 Å². The molecule has 0 bridgehead atoms. The third-order valence-corrected chi connectivity index (χ3v) is 4.01. The van der Waals surface area contributed by atoms with Gasteiger partial charge < -0.3 is 24.6 Å². The number of hydrogen-bond acceptors (Lipinski definition) is 6. The Morgan fingerprint density at radius 1 is 1.07 bits per heavy atom. The molecule has 0 fully saturated rings. The van der Waals surface area contributed by atoms with E-state index in [4.69, 9.17) is 9.47 Å². The summed E-state index contributed by atoms with van der Waals surface area (Å²) in [5.74, 6) is 0.357. The van der Waals surface area contributed by atoms with Crippen LogP contribution in [0.3, 0.4) is 0 Å². The highest BCUT2D eigenvalue weighted by Crippen LogP contribution is 2.31. The first-order valence-corrected chi connectivity index (χ1v) is 8.36. The summed E-state index contributed by atoms with van der Waals surface area (Å²) in [5, 5.41) is 13.1. The maximum absolute atomic E-state index is 12.2. The average Bonchev–Trinajstić information content (AvgIpc) is 2.70. The highest BCUT2D eigenvalue weighted by Gasteiger charge is 2.16. The van der Waals surface area contributed by atoms with Gasteiger partial charge in [0.05, 0.1) is 33.0 Å². The molecule has 0 radical (unpaired) electrons. The van der Waals surface area contributed by atoms with Crippen LogP contribution in [-0.4, -0.2) is 38.3 Å². The molecule has 0 aliphatic rings. The van der Waals surface area contributed by atoms with Crippen molar-refractivity contribution in [2.24, 2.45) is 0 Å². The minimum absolute atomic E-state index is 0.0960. The summed E-state index contributed by atoms with van der Waals surface area (Å²) < 4.78 is 15.1. The zero-order chi connectivity index (χ0) is 19.8. The van der Waals surface area contributed by atoms with E-state index in [0.29, 0.717) is 28.3 Å². The van der Waals surface area contributed by atoms with E-state index in [2.05, 4.69) is 10.1 Å². The standard InChI is InChI=1S/C20H23NO6/c1-25-15-7-8-16(18(12-15)26-2)17(22)9-10-19(23)21-14-6-4-5-13(11-14)20(24)27-3/h4-8,11-12,17,22H,9-10H2,1-3H3,(H,21,23). The Kier molecular flexibility index (Phi) is 7.19. The minimum atomic E-state index is -0.863. The van der Waals surface area contributed by atoms with Crippen LogP contribution in [0.5, 0.6) is 11.5 Å². The molecular formula is C20H23NO6. The van der Waals surface area contributed by atoms with Crippen molar-refractivity contribution in [2.45, 2.75) is 18.9 Å². The number of rotatable bonds is 8. The van der Waals surface area contributed by atoms with Gasteiger partial charge in [-0.25, -0.2) is 4.79 Å². The quantitative estimate of drug-likeness (QED) is 0.691. The van der Waals surface area contributed by atoms with Crippen molar-refractivity contribution in [1.29, 1.82) is 0 Å². The number of carbonyl (C=O) groups excluding carboxylic acids is 2. The number of benzene rings is 2. The van der Waals surface area contributed by atoms with Gasteiger partial charge in [-0.15, -0.1) is 0 Å². The van der Waals surface area contributed by atoms with Crippen LogP contribution in [0.1, 0.15) is 34.9 Å². The number of methoxy groups -OCH3 is 3. The molecule has 144 valence electrons. The molecule has 7 heteroatoms. The monoisotopic (exact) mass is 373 g/mol. The van der Waals surface area contributed by atoms with Crippen molar-refractivity contribution in [2.75, 3.05) is 26.6 Å². The molecule has 7 nitrogen and oxygen atoms in total. The van der Waals surface area contributed by atoms with Gasteiger partial charge in [0.15, 0.2) is 0 Å². The van der Waals surface area contributed by atoms with E-state index in [1.807, 2.05) is 0 Å². The first-order chi connectivity index (χ1) is 13.0. The molecular weight excluding hydrogens is 350 g/mol. The van der Waals surface area contributed by atoms with Crippen molar-refractivity contribution in [3.8, 4) is 11.5 Å². The van der Waals surface area contributed by atoms with Gasteiger partial charge in [0.25, 0.3) is 0 Å². The van der Waals surface area contributed by atoms with E-state index in [1.165, 1.54) is 20.3 Å². The van der Waals surface area contributed by atoms with Crippen LogP contribution in [0.2, 0.25) is 0 Å². The van der Waals surface area contributed by atoms with Gasteiger partial charge >= 0.3 is 5.97 Å². The zero-order valence-corrected chi connectivity index (χ0v) is 15.5. The first-order valence-electron chi connectivity index (χ1n) is 8.36. The molecule has 0 saturated heterocycles. The maximum Gasteiger partial charge on any atom is 0.337 e. The van der Waals surface area contributed by atoms with Crippen molar-refractivity contribution >= 4 is 17.6 Å². The first kappa shape index (κ1) is 20.3. The second-order valence-corrected chi connectivity index (χ2v) is 5.78. The highest BCUT2D eigenvalue weighted by molar-refractivity contribution is 5.94. The normalized spacial score (nSPS) is 11.4. The molecule has 0 aliphatic carbocycles. The Morgan fingerprint density at radius 2 is 1.85 bits per heavy atom. The van der Waals surface area contributed by atoms with Gasteiger partial charge in [-0.1, -0.05) is 6.07 Å². The van der Waals surface area contributed by atoms with E-state index in [0.717, 1.165) is 0 Å². The summed E-state index contributed by atoms with van der Waals surface area (Å²) >= 11 is 0. The second-order valence-electron chi connectivity index (χ2n) is 5.78. The predicted molar refractivity (Wildman–Crippen MR) is 100 cm³/mol. The second kappa shape index (κ2) is 9.59. The molecule has 1 amide bonds. The molecule has 2 aromatic rings. The van der Waals surface area contributed by atoms with Crippen LogP contribution in [0, 0.1) is 0 Å². The molecule has 0 heterocycles. The lowest BCUT2D eigenvalue weighted by Crippen LogP contribution is -2.14. The molecule has 1 unspecified atom stereocenters. The van der Waals surface area contributed by atoms with Crippen LogP contribution in [0.4, 0.5) is 5.69 Å². The molecule has 0 aromatic heterocycles. The van der Waals surface area contributed by atoms with Crippen LogP contribution in [-0.2, 0) is 9.53 Å². The summed E-state index contributed by atoms with van der Waals surface area (Å²) in [4.78, 5) is 23.7. The number of nitrogens with one attached hydrogen (secondary N) is 1. The van der Waals surface area contributed by atoms with E-state index >= 15 is 0 Å². The largest absolute Gasteiger partial charge is 0.497 e. The Labute approximate surface area is 157 Å². The summed E-state index contributed by atoms with van der Waals surface area (Å²) in [7, 11) is 4.35. The minimum Gasteiger partial charge on any atom is -0.497 e. The lowest BCUT2D eigenvalue weighted by molar-refractivity contribution is -0.116. The molecule has 2 rings (SSSR count). The van der Waals surface area contributed by atoms with Gasteiger partial charge in [-0.3, -0.25) is 4.79 Å². The van der Waals surface area contributed by atoms with Gasteiger partial charge in [0.1, 0.15) is 11.5 Å². The Balaban J connectivity index is 1.96. The van der Waals surface area contributed by atoms with Crippen molar-refractivity contribution < 1.29 is 28.9 Å². The topological polar surface area (TPSA) is 94.1 Å². The summed E-state index contributed by atoms with van der Waals surface area (Å²) in [6.45, 7) is 0. The SMILES string of the molecule is COC(=O)c1cccc(NC(=O)CCC(O)c2ccc(OC)cc2OC)c1. The van der Waals surface area contributed by atoms with Crippen LogP contribution >= 0.6 is 0 Å². The molecule has 0 saturated carbocycles. The number of ether oxygens (including phenoxy) is 3. The fraction of sp³-hybridized carbons (Fsp3) is 0.300. The number of anilines is 1. The molecule has 2 N–H and O–H groups in total. The molecule has 0 aliphatic heterocycles. The van der Waals surface area contributed by atoms with E-state index in [-0.39, 0.29) is 18.7 Å².